The summed E-state index contributed by atoms with van der Waals surface area (Å²) in [6.45, 7) is 0. The van der Waals surface area contributed by atoms with Crippen molar-refractivity contribution in [3.05, 3.63) is 54.0 Å². The number of rotatable bonds is 5. The Morgan fingerprint density at radius 1 is 0.966 bits per heavy atom. The molecule has 1 atom stereocenters. The Morgan fingerprint density at radius 3 is 2.34 bits per heavy atom. The maximum absolute atomic E-state index is 13.4. The lowest BCUT2D eigenvalue weighted by atomic mass is 10.00. The maximum atomic E-state index is 13.4. The van der Waals surface area contributed by atoms with Crippen LogP contribution in [0.4, 0.5) is 5.82 Å². The lowest BCUT2D eigenvalue weighted by molar-refractivity contribution is 0.0988. The molecular formula is C21H19N5O3. The molecule has 29 heavy (non-hydrogen) atoms. The Morgan fingerprint density at radius 2 is 1.66 bits per heavy atom. The molecule has 2 aliphatic rings. The van der Waals surface area contributed by atoms with Gasteiger partial charge in [-0.05, 0) is 48.6 Å². The highest BCUT2D eigenvalue weighted by Gasteiger charge is 2.47. The zero-order valence-electron chi connectivity index (χ0n) is 16.1. The van der Waals surface area contributed by atoms with Gasteiger partial charge in [-0.25, -0.2) is 19.9 Å². The molecule has 0 bridgehead atoms. The van der Waals surface area contributed by atoms with Gasteiger partial charge in [-0.2, -0.15) is 0 Å². The summed E-state index contributed by atoms with van der Waals surface area (Å²) in [6, 6.07) is 7.07. The van der Waals surface area contributed by atoms with Gasteiger partial charge in [0.2, 0.25) is 0 Å². The second-order valence-corrected chi connectivity index (χ2v) is 7.06. The maximum Gasteiger partial charge on any atom is 0.260 e. The van der Waals surface area contributed by atoms with E-state index in [4.69, 9.17) is 9.47 Å². The summed E-state index contributed by atoms with van der Waals surface area (Å²) < 4.78 is 10.9. The Hall–Kier alpha value is -3.55. The average molecular weight is 389 g/mol. The SMILES string of the molecule is COc1cc2c(cc1OC)C(C1CC1)N(c1ccnc(-c3ncccn3)n1)C2=O. The molecule has 5 rings (SSSR count). The molecule has 146 valence electrons. The fraction of sp³-hybridized carbons (Fsp3) is 0.286. The third-order valence-corrected chi connectivity index (χ3v) is 5.32. The summed E-state index contributed by atoms with van der Waals surface area (Å²) in [7, 11) is 3.16. The molecule has 3 aromatic rings. The van der Waals surface area contributed by atoms with Crippen LogP contribution in [0, 0.1) is 5.92 Å². The molecule has 0 radical (unpaired) electrons. The van der Waals surface area contributed by atoms with Gasteiger partial charge in [0.15, 0.2) is 23.1 Å². The molecule has 0 spiro atoms. The predicted molar refractivity (Wildman–Crippen MR) is 105 cm³/mol. The first kappa shape index (κ1) is 17.5. The van der Waals surface area contributed by atoms with Crippen LogP contribution >= 0.6 is 0 Å². The van der Waals surface area contributed by atoms with Crippen molar-refractivity contribution in [1.29, 1.82) is 0 Å². The molecular weight excluding hydrogens is 370 g/mol. The normalized spacial score (nSPS) is 17.9. The number of benzene rings is 1. The molecule has 0 saturated heterocycles. The van der Waals surface area contributed by atoms with E-state index in [1.54, 1.807) is 55.9 Å². The monoisotopic (exact) mass is 389 g/mol. The number of nitrogens with zero attached hydrogens (tertiary/aromatic N) is 5. The van der Waals surface area contributed by atoms with E-state index in [1.165, 1.54) is 0 Å². The molecule has 1 aromatic carbocycles. The minimum Gasteiger partial charge on any atom is -0.493 e. The van der Waals surface area contributed by atoms with Crippen LogP contribution in [0.2, 0.25) is 0 Å². The van der Waals surface area contributed by atoms with Crippen molar-refractivity contribution < 1.29 is 14.3 Å². The topological polar surface area (TPSA) is 90.3 Å². The van der Waals surface area contributed by atoms with Gasteiger partial charge in [0.05, 0.1) is 20.3 Å². The molecule has 1 fully saturated rings. The van der Waals surface area contributed by atoms with Crippen molar-refractivity contribution in [2.24, 2.45) is 5.92 Å². The highest BCUT2D eigenvalue weighted by molar-refractivity contribution is 6.11. The van der Waals surface area contributed by atoms with Crippen molar-refractivity contribution in [2.75, 3.05) is 19.1 Å². The van der Waals surface area contributed by atoms with E-state index in [9.17, 15) is 4.79 Å². The highest BCUT2D eigenvalue weighted by Crippen LogP contribution is 2.52. The van der Waals surface area contributed by atoms with Crippen molar-refractivity contribution in [2.45, 2.75) is 18.9 Å². The number of anilines is 1. The molecule has 0 N–H and O–H groups in total. The van der Waals surface area contributed by atoms with Crippen molar-refractivity contribution >= 4 is 11.7 Å². The molecule has 1 saturated carbocycles. The van der Waals surface area contributed by atoms with Crippen molar-refractivity contribution in [1.82, 2.24) is 19.9 Å². The first-order valence-corrected chi connectivity index (χ1v) is 9.41. The van der Waals surface area contributed by atoms with Crippen LogP contribution in [-0.2, 0) is 0 Å². The van der Waals surface area contributed by atoms with E-state index in [0.717, 1.165) is 18.4 Å². The summed E-state index contributed by atoms with van der Waals surface area (Å²) in [5, 5.41) is 0. The second-order valence-electron chi connectivity index (χ2n) is 7.06. The lowest BCUT2D eigenvalue weighted by Crippen LogP contribution is -2.30. The van der Waals surface area contributed by atoms with E-state index in [-0.39, 0.29) is 11.9 Å². The first-order chi connectivity index (χ1) is 14.2. The van der Waals surface area contributed by atoms with Crippen LogP contribution in [0.15, 0.2) is 42.9 Å². The quantitative estimate of drug-likeness (QED) is 0.662. The van der Waals surface area contributed by atoms with E-state index in [1.807, 2.05) is 6.07 Å². The van der Waals surface area contributed by atoms with E-state index >= 15 is 0 Å². The third-order valence-electron chi connectivity index (χ3n) is 5.32. The molecule has 1 aliphatic carbocycles. The summed E-state index contributed by atoms with van der Waals surface area (Å²) >= 11 is 0. The highest BCUT2D eigenvalue weighted by atomic mass is 16.5. The zero-order valence-corrected chi connectivity index (χ0v) is 16.1. The van der Waals surface area contributed by atoms with Crippen LogP contribution in [0.25, 0.3) is 11.6 Å². The van der Waals surface area contributed by atoms with E-state index < -0.39 is 0 Å². The Labute approximate surface area is 167 Å². The standard InChI is InChI=1S/C21H19N5O3/c1-28-15-10-13-14(11-16(15)29-2)21(27)26(18(13)12-4-5-12)17-6-9-24-20(25-17)19-22-7-3-8-23-19/h3,6-12,18H,4-5H2,1-2H3. The minimum absolute atomic E-state index is 0.0863. The predicted octanol–water partition coefficient (Wildman–Crippen LogP) is 3.06. The van der Waals surface area contributed by atoms with Gasteiger partial charge in [-0.3, -0.25) is 9.69 Å². The van der Waals surface area contributed by atoms with Crippen LogP contribution in [0.3, 0.4) is 0 Å². The molecule has 1 unspecified atom stereocenters. The molecule has 2 aromatic heterocycles. The smallest absolute Gasteiger partial charge is 0.260 e. The number of aromatic nitrogens is 4. The molecule has 8 heteroatoms. The second kappa shape index (κ2) is 6.80. The van der Waals surface area contributed by atoms with Crippen LogP contribution in [0.5, 0.6) is 11.5 Å². The summed E-state index contributed by atoms with van der Waals surface area (Å²) in [6.07, 6.45) is 7.06. The van der Waals surface area contributed by atoms with Gasteiger partial charge in [-0.1, -0.05) is 0 Å². The summed E-state index contributed by atoms with van der Waals surface area (Å²) in [5.41, 5.74) is 1.57. The number of fused-ring (bicyclic) bond motifs is 1. The van der Waals surface area contributed by atoms with Gasteiger partial charge in [0.1, 0.15) is 5.82 Å². The van der Waals surface area contributed by atoms with Crippen LogP contribution in [-0.4, -0.2) is 40.1 Å². The van der Waals surface area contributed by atoms with Crippen LogP contribution < -0.4 is 14.4 Å². The van der Waals surface area contributed by atoms with Crippen molar-refractivity contribution in [3.63, 3.8) is 0 Å². The Bertz CT molecular complexity index is 1080. The third kappa shape index (κ3) is 2.88. The minimum atomic E-state index is -0.100. The number of ether oxygens (including phenoxy) is 2. The van der Waals surface area contributed by atoms with E-state index in [2.05, 4.69) is 19.9 Å². The van der Waals surface area contributed by atoms with Gasteiger partial charge in [0, 0.05) is 24.2 Å². The molecule has 8 nitrogen and oxygen atoms in total. The number of hydrogen-bond acceptors (Lipinski definition) is 7. The van der Waals surface area contributed by atoms with Gasteiger partial charge >= 0.3 is 0 Å². The number of methoxy groups -OCH3 is 2. The number of carbonyl (C=O) groups excluding carboxylic acids is 1. The van der Waals surface area contributed by atoms with Gasteiger partial charge < -0.3 is 9.47 Å². The largest absolute Gasteiger partial charge is 0.493 e. The summed E-state index contributed by atoms with van der Waals surface area (Å²) in [5.74, 6) is 2.80. The average Bonchev–Trinajstić information content (AvgIpc) is 3.58. The van der Waals surface area contributed by atoms with Gasteiger partial charge in [-0.15, -0.1) is 0 Å². The Balaban J connectivity index is 1.61. The fourth-order valence-corrected chi connectivity index (χ4v) is 3.85. The number of carbonyl (C=O) groups is 1. The molecule has 3 heterocycles. The van der Waals surface area contributed by atoms with E-state index in [0.29, 0.717) is 40.4 Å². The molecule has 1 aliphatic heterocycles. The fourth-order valence-electron chi connectivity index (χ4n) is 3.85. The Kier molecular flexibility index (Phi) is 4.12. The number of hydrogen-bond donors (Lipinski definition) is 0. The first-order valence-electron chi connectivity index (χ1n) is 9.41. The van der Waals surface area contributed by atoms with Crippen LogP contribution in [0.1, 0.15) is 34.8 Å². The van der Waals surface area contributed by atoms with Gasteiger partial charge in [0.25, 0.3) is 5.91 Å². The number of amides is 1. The van der Waals surface area contributed by atoms with Crippen molar-refractivity contribution in [3.8, 4) is 23.1 Å². The molecule has 1 amide bonds. The summed E-state index contributed by atoms with van der Waals surface area (Å²) in [4.78, 5) is 32.5. The lowest BCUT2D eigenvalue weighted by Gasteiger charge is -2.24. The zero-order chi connectivity index (χ0) is 20.0.